The monoisotopic (exact) mass is 480 g/mol. The third kappa shape index (κ3) is 3.64. The van der Waals surface area contributed by atoms with Gasteiger partial charge in [0.15, 0.2) is 0 Å². The molecular formula is C28H17F5O2. The number of ether oxygens (including phenoxy) is 2. The molecule has 0 N–H and O–H groups in total. The molecule has 0 atom stereocenters. The van der Waals surface area contributed by atoms with Crippen LogP contribution in [0.2, 0.25) is 0 Å². The predicted molar refractivity (Wildman–Crippen MR) is 125 cm³/mol. The third-order valence-electron chi connectivity index (χ3n) is 6.00. The van der Waals surface area contributed by atoms with Gasteiger partial charge in [-0.3, -0.25) is 0 Å². The first-order valence-corrected chi connectivity index (χ1v) is 10.5. The lowest BCUT2D eigenvalue weighted by atomic mass is 9.85. The Labute approximate surface area is 197 Å². The summed E-state index contributed by atoms with van der Waals surface area (Å²) >= 11 is 0. The first kappa shape index (κ1) is 22.7. The number of benzene rings is 5. The standard InChI is InChI=1S/C28H17F5O2/c1-34-16-6-3-14(4-7-16)24-19-11-15(29)5-8-18(19)25(28-21(31)10-9-20(30)27(24)28)26-22(32)12-17(35-2)13-23(26)33/h3-13H,1-2H3. The van der Waals surface area contributed by atoms with Crippen molar-refractivity contribution < 1.29 is 31.4 Å². The lowest BCUT2D eigenvalue weighted by Crippen LogP contribution is -2.00. The van der Waals surface area contributed by atoms with Crippen LogP contribution in [0.15, 0.2) is 66.7 Å². The van der Waals surface area contributed by atoms with Gasteiger partial charge in [-0.25, -0.2) is 22.0 Å². The Morgan fingerprint density at radius 2 is 1.06 bits per heavy atom. The van der Waals surface area contributed by atoms with Gasteiger partial charge in [-0.05, 0) is 52.7 Å². The highest BCUT2D eigenvalue weighted by Gasteiger charge is 2.26. The molecule has 0 bridgehead atoms. The minimum Gasteiger partial charge on any atom is -0.497 e. The van der Waals surface area contributed by atoms with Crippen molar-refractivity contribution in [2.75, 3.05) is 14.2 Å². The summed E-state index contributed by atoms with van der Waals surface area (Å²) in [6.07, 6.45) is 0. The van der Waals surface area contributed by atoms with Crippen LogP contribution in [-0.2, 0) is 0 Å². The molecule has 0 unspecified atom stereocenters. The van der Waals surface area contributed by atoms with Gasteiger partial charge in [0.2, 0.25) is 0 Å². The Morgan fingerprint density at radius 3 is 1.63 bits per heavy atom. The highest BCUT2D eigenvalue weighted by Crippen LogP contribution is 2.47. The van der Waals surface area contributed by atoms with Gasteiger partial charge in [0.25, 0.3) is 0 Å². The second-order valence-corrected chi connectivity index (χ2v) is 7.91. The zero-order valence-corrected chi connectivity index (χ0v) is 18.6. The summed E-state index contributed by atoms with van der Waals surface area (Å²) < 4.78 is 85.9. The number of methoxy groups -OCH3 is 2. The van der Waals surface area contributed by atoms with E-state index in [4.69, 9.17) is 9.47 Å². The summed E-state index contributed by atoms with van der Waals surface area (Å²) in [6.45, 7) is 0. The quantitative estimate of drug-likeness (QED) is 0.191. The van der Waals surface area contributed by atoms with Gasteiger partial charge in [-0.1, -0.05) is 18.2 Å². The molecule has 0 aliphatic heterocycles. The topological polar surface area (TPSA) is 18.5 Å². The van der Waals surface area contributed by atoms with Crippen molar-refractivity contribution in [2.24, 2.45) is 0 Å². The number of halogens is 5. The summed E-state index contributed by atoms with van der Waals surface area (Å²) in [4.78, 5) is 0. The maximum absolute atomic E-state index is 15.4. The van der Waals surface area contributed by atoms with E-state index in [1.54, 1.807) is 24.3 Å². The summed E-state index contributed by atoms with van der Waals surface area (Å²) in [6, 6.07) is 13.8. The zero-order valence-electron chi connectivity index (χ0n) is 18.6. The molecule has 0 saturated carbocycles. The Bertz CT molecular complexity index is 1590. The molecule has 0 aromatic heterocycles. The Kier molecular flexibility index (Phi) is 5.55. The van der Waals surface area contributed by atoms with Crippen LogP contribution >= 0.6 is 0 Å². The Morgan fingerprint density at radius 1 is 0.486 bits per heavy atom. The van der Waals surface area contributed by atoms with E-state index in [1.165, 1.54) is 20.3 Å². The minimum atomic E-state index is -1.03. The molecule has 0 heterocycles. The second-order valence-electron chi connectivity index (χ2n) is 7.91. The number of fused-ring (bicyclic) bond motifs is 2. The van der Waals surface area contributed by atoms with Gasteiger partial charge in [0.05, 0.1) is 19.8 Å². The lowest BCUT2D eigenvalue weighted by Gasteiger charge is -2.19. The normalized spacial score (nSPS) is 11.3. The number of rotatable bonds is 4. The van der Waals surface area contributed by atoms with Crippen LogP contribution in [0, 0.1) is 29.1 Å². The molecule has 5 rings (SSSR count). The molecule has 2 nitrogen and oxygen atoms in total. The minimum absolute atomic E-state index is 0.0788. The third-order valence-corrected chi connectivity index (χ3v) is 6.00. The van der Waals surface area contributed by atoms with Gasteiger partial charge >= 0.3 is 0 Å². The van der Waals surface area contributed by atoms with E-state index >= 15 is 17.6 Å². The van der Waals surface area contributed by atoms with Crippen LogP contribution < -0.4 is 9.47 Å². The number of hydrogen-bond donors (Lipinski definition) is 0. The van der Waals surface area contributed by atoms with E-state index in [0.717, 1.165) is 36.4 Å². The maximum Gasteiger partial charge on any atom is 0.137 e. The summed E-state index contributed by atoms with van der Waals surface area (Å²) in [5.74, 6) is -3.97. The number of hydrogen-bond acceptors (Lipinski definition) is 2. The molecular weight excluding hydrogens is 463 g/mol. The smallest absolute Gasteiger partial charge is 0.137 e. The van der Waals surface area contributed by atoms with Crippen LogP contribution in [0.1, 0.15) is 0 Å². The molecule has 0 aliphatic carbocycles. The summed E-state index contributed by atoms with van der Waals surface area (Å²) in [5.41, 5.74) is -0.162. The first-order valence-electron chi connectivity index (χ1n) is 10.5. The molecule has 35 heavy (non-hydrogen) atoms. The van der Waals surface area contributed by atoms with Crippen molar-refractivity contribution in [3.05, 3.63) is 95.8 Å². The van der Waals surface area contributed by atoms with Crippen LogP contribution in [-0.4, -0.2) is 14.2 Å². The van der Waals surface area contributed by atoms with Crippen LogP contribution in [0.3, 0.4) is 0 Å². The van der Waals surface area contributed by atoms with E-state index in [-0.39, 0.29) is 38.4 Å². The fourth-order valence-electron chi connectivity index (χ4n) is 4.48. The van der Waals surface area contributed by atoms with E-state index in [0.29, 0.717) is 11.3 Å². The lowest BCUT2D eigenvalue weighted by molar-refractivity contribution is 0.407. The molecule has 0 radical (unpaired) electrons. The van der Waals surface area contributed by atoms with Gasteiger partial charge in [0.1, 0.15) is 40.6 Å². The van der Waals surface area contributed by atoms with E-state index < -0.39 is 34.6 Å². The first-order chi connectivity index (χ1) is 16.8. The Hall–Kier alpha value is -4.13. The van der Waals surface area contributed by atoms with Gasteiger partial charge < -0.3 is 9.47 Å². The highest BCUT2D eigenvalue weighted by molar-refractivity contribution is 6.21. The van der Waals surface area contributed by atoms with E-state index in [2.05, 4.69) is 0 Å². The van der Waals surface area contributed by atoms with Gasteiger partial charge in [0, 0.05) is 34.0 Å². The molecule has 5 aromatic rings. The molecule has 5 aromatic carbocycles. The van der Waals surface area contributed by atoms with Crippen LogP contribution in [0.25, 0.3) is 43.8 Å². The van der Waals surface area contributed by atoms with Crippen LogP contribution in [0.4, 0.5) is 22.0 Å². The van der Waals surface area contributed by atoms with Crippen molar-refractivity contribution in [1.29, 1.82) is 0 Å². The largest absolute Gasteiger partial charge is 0.497 e. The van der Waals surface area contributed by atoms with Crippen molar-refractivity contribution in [1.82, 2.24) is 0 Å². The molecule has 0 saturated heterocycles. The van der Waals surface area contributed by atoms with Crippen molar-refractivity contribution in [2.45, 2.75) is 0 Å². The average Bonchev–Trinajstić information content (AvgIpc) is 2.85. The second kappa shape index (κ2) is 8.58. The van der Waals surface area contributed by atoms with Crippen molar-refractivity contribution >= 4 is 21.5 Å². The molecule has 0 aliphatic rings. The summed E-state index contributed by atoms with van der Waals surface area (Å²) in [7, 11) is 2.73. The molecule has 0 fully saturated rings. The highest BCUT2D eigenvalue weighted by atomic mass is 19.1. The summed E-state index contributed by atoms with van der Waals surface area (Å²) in [5, 5.41) is -0.232. The van der Waals surface area contributed by atoms with Gasteiger partial charge in [-0.2, -0.15) is 0 Å². The molecule has 176 valence electrons. The molecule has 0 spiro atoms. The fourth-order valence-corrected chi connectivity index (χ4v) is 4.48. The zero-order chi connectivity index (χ0) is 24.9. The van der Waals surface area contributed by atoms with E-state index in [9.17, 15) is 4.39 Å². The van der Waals surface area contributed by atoms with Crippen LogP contribution in [0.5, 0.6) is 11.5 Å². The molecule has 7 heteroatoms. The SMILES string of the molecule is COc1ccc(-c2c3cc(F)ccc3c(-c3c(F)cc(OC)cc3F)c3c(F)ccc(F)c23)cc1. The molecule has 0 amide bonds. The van der Waals surface area contributed by atoms with Crippen molar-refractivity contribution in [3.63, 3.8) is 0 Å². The predicted octanol–water partition coefficient (Wildman–Crippen LogP) is 8.04. The fraction of sp³-hybridized carbons (Fsp3) is 0.0714. The maximum atomic E-state index is 15.4. The average molecular weight is 480 g/mol. The Balaban J connectivity index is 2.04. The van der Waals surface area contributed by atoms with Gasteiger partial charge in [-0.15, -0.1) is 0 Å². The van der Waals surface area contributed by atoms with E-state index in [1.807, 2.05) is 0 Å². The van der Waals surface area contributed by atoms with Crippen molar-refractivity contribution in [3.8, 4) is 33.8 Å².